The highest BCUT2D eigenvalue weighted by molar-refractivity contribution is 9.10. The molecule has 5 heteroatoms. The van der Waals surface area contributed by atoms with Crippen molar-refractivity contribution in [3.8, 4) is 0 Å². The first kappa shape index (κ1) is 16.1. The van der Waals surface area contributed by atoms with Crippen molar-refractivity contribution in [3.05, 3.63) is 28.7 Å². The SMILES string of the molecule is CCCNC(CS(=O)c1ccccc1Br)C1CCOC1. The van der Waals surface area contributed by atoms with E-state index < -0.39 is 10.8 Å². The molecule has 112 valence electrons. The van der Waals surface area contributed by atoms with Crippen LogP contribution in [-0.4, -0.2) is 35.8 Å². The molecule has 1 fully saturated rings. The summed E-state index contributed by atoms with van der Waals surface area (Å²) < 4.78 is 19.0. The summed E-state index contributed by atoms with van der Waals surface area (Å²) in [6.07, 6.45) is 2.15. The predicted octanol–water partition coefficient (Wildman–Crippen LogP) is 2.96. The molecular formula is C15H22BrNO2S. The van der Waals surface area contributed by atoms with Crippen molar-refractivity contribution in [2.45, 2.75) is 30.7 Å². The van der Waals surface area contributed by atoms with E-state index >= 15 is 0 Å². The lowest BCUT2D eigenvalue weighted by atomic mass is 10.0. The third-order valence-corrected chi connectivity index (χ3v) is 6.07. The highest BCUT2D eigenvalue weighted by Crippen LogP contribution is 2.23. The van der Waals surface area contributed by atoms with Crippen LogP contribution < -0.4 is 5.32 Å². The fourth-order valence-electron chi connectivity index (χ4n) is 2.44. The Labute approximate surface area is 132 Å². The minimum absolute atomic E-state index is 0.269. The summed E-state index contributed by atoms with van der Waals surface area (Å²) in [4.78, 5) is 0.884. The Morgan fingerprint density at radius 1 is 1.50 bits per heavy atom. The maximum atomic E-state index is 12.6. The molecule has 0 saturated carbocycles. The lowest BCUT2D eigenvalue weighted by Gasteiger charge is -2.23. The van der Waals surface area contributed by atoms with E-state index in [1.54, 1.807) is 0 Å². The standard InChI is InChI=1S/C15H22BrNO2S/c1-2-8-17-14(12-7-9-19-10-12)11-20(18)15-6-4-3-5-13(15)16/h3-6,12,14,17H,2,7-11H2,1H3. The molecule has 1 N–H and O–H groups in total. The van der Waals surface area contributed by atoms with Crippen LogP contribution in [0.25, 0.3) is 0 Å². The summed E-state index contributed by atoms with van der Waals surface area (Å²) >= 11 is 3.48. The highest BCUT2D eigenvalue weighted by atomic mass is 79.9. The van der Waals surface area contributed by atoms with Crippen LogP contribution in [0, 0.1) is 5.92 Å². The van der Waals surface area contributed by atoms with E-state index in [1.807, 2.05) is 24.3 Å². The minimum Gasteiger partial charge on any atom is -0.381 e. The topological polar surface area (TPSA) is 38.3 Å². The molecule has 0 radical (unpaired) electrons. The van der Waals surface area contributed by atoms with Crippen molar-refractivity contribution in [1.82, 2.24) is 5.32 Å². The summed E-state index contributed by atoms with van der Waals surface area (Å²) in [5.74, 6) is 1.13. The third-order valence-electron chi connectivity index (χ3n) is 3.60. The second-order valence-electron chi connectivity index (χ2n) is 5.13. The normalized spacial score (nSPS) is 21.8. The molecule has 1 aromatic rings. The maximum Gasteiger partial charge on any atom is 0.0556 e. The smallest absolute Gasteiger partial charge is 0.0556 e. The zero-order valence-electron chi connectivity index (χ0n) is 11.8. The average molecular weight is 360 g/mol. The monoisotopic (exact) mass is 359 g/mol. The Bertz CT molecular complexity index is 449. The molecule has 3 atom stereocenters. The summed E-state index contributed by atoms with van der Waals surface area (Å²) in [7, 11) is -0.989. The molecular weight excluding hydrogens is 338 g/mol. The van der Waals surface area contributed by atoms with E-state index in [9.17, 15) is 4.21 Å². The first-order chi connectivity index (χ1) is 9.72. The van der Waals surface area contributed by atoms with Gasteiger partial charge >= 0.3 is 0 Å². The predicted molar refractivity (Wildman–Crippen MR) is 86.4 cm³/mol. The Morgan fingerprint density at radius 2 is 2.30 bits per heavy atom. The molecule has 0 bridgehead atoms. The van der Waals surface area contributed by atoms with Gasteiger partial charge in [0, 0.05) is 28.8 Å². The number of rotatable bonds is 7. The van der Waals surface area contributed by atoms with Gasteiger partial charge in [-0.25, -0.2) is 0 Å². The van der Waals surface area contributed by atoms with Gasteiger partial charge in [0.1, 0.15) is 0 Å². The van der Waals surface area contributed by atoms with E-state index in [0.29, 0.717) is 11.7 Å². The molecule has 0 spiro atoms. The van der Waals surface area contributed by atoms with Gasteiger partial charge in [-0.1, -0.05) is 19.1 Å². The van der Waals surface area contributed by atoms with E-state index in [4.69, 9.17) is 4.74 Å². The largest absolute Gasteiger partial charge is 0.381 e. The number of halogens is 1. The van der Waals surface area contributed by atoms with Crippen LogP contribution in [0.3, 0.4) is 0 Å². The zero-order chi connectivity index (χ0) is 14.4. The van der Waals surface area contributed by atoms with Crippen LogP contribution in [0.2, 0.25) is 0 Å². The van der Waals surface area contributed by atoms with Gasteiger partial charge < -0.3 is 10.1 Å². The van der Waals surface area contributed by atoms with Crippen LogP contribution in [0.15, 0.2) is 33.6 Å². The van der Waals surface area contributed by atoms with Gasteiger partial charge in [-0.2, -0.15) is 0 Å². The minimum atomic E-state index is -0.989. The lowest BCUT2D eigenvalue weighted by molar-refractivity contribution is 0.179. The zero-order valence-corrected chi connectivity index (χ0v) is 14.2. The Kier molecular flexibility index (Phi) is 6.68. The van der Waals surface area contributed by atoms with Gasteiger partial charge in [0.15, 0.2) is 0 Å². The Hall–Kier alpha value is -0.230. The number of hydrogen-bond acceptors (Lipinski definition) is 3. The fourth-order valence-corrected chi connectivity index (χ4v) is 4.68. The number of benzene rings is 1. The van der Waals surface area contributed by atoms with Gasteiger partial charge in [-0.05, 0) is 47.4 Å². The van der Waals surface area contributed by atoms with Crippen LogP contribution in [0.1, 0.15) is 19.8 Å². The average Bonchev–Trinajstić information content (AvgIpc) is 2.97. The van der Waals surface area contributed by atoms with Crippen LogP contribution in [0.4, 0.5) is 0 Å². The first-order valence-corrected chi connectivity index (χ1v) is 9.27. The van der Waals surface area contributed by atoms with E-state index in [1.165, 1.54) is 0 Å². The van der Waals surface area contributed by atoms with Crippen molar-refractivity contribution < 1.29 is 8.95 Å². The molecule has 20 heavy (non-hydrogen) atoms. The molecule has 0 aliphatic carbocycles. The van der Waals surface area contributed by atoms with Crippen LogP contribution >= 0.6 is 15.9 Å². The molecule has 1 heterocycles. The van der Waals surface area contributed by atoms with Crippen molar-refractivity contribution in [1.29, 1.82) is 0 Å². The van der Waals surface area contributed by atoms with Gasteiger partial charge in [0.05, 0.1) is 22.3 Å². The molecule has 2 rings (SSSR count). The first-order valence-electron chi connectivity index (χ1n) is 7.16. The van der Waals surface area contributed by atoms with E-state index in [0.717, 1.165) is 42.0 Å². The molecule has 1 aliphatic rings. The quantitative estimate of drug-likeness (QED) is 0.813. The Morgan fingerprint density at radius 3 is 2.95 bits per heavy atom. The third kappa shape index (κ3) is 4.38. The van der Waals surface area contributed by atoms with Crippen molar-refractivity contribution >= 4 is 26.7 Å². The van der Waals surface area contributed by atoms with Gasteiger partial charge in [0.25, 0.3) is 0 Å². The van der Waals surface area contributed by atoms with E-state index in [2.05, 4.69) is 28.2 Å². The molecule has 0 amide bonds. The summed E-state index contributed by atoms with van der Waals surface area (Å²) in [5.41, 5.74) is 0. The second-order valence-corrected chi connectivity index (χ2v) is 7.45. The molecule has 1 aromatic carbocycles. The molecule has 3 nitrogen and oxygen atoms in total. The highest BCUT2D eigenvalue weighted by Gasteiger charge is 2.27. The summed E-state index contributed by atoms with van der Waals surface area (Å²) in [6, 6.07) is 8.03. The number of nitrogens with one attached hydrogen (secondary N) is 1. The second kappa shape index (κ2) is 8.27. The maximum absolute atomic E-state index is 12.6. The number of hydrogen-bond donors (Lipinski definition) is 1. The summed E-state index contributed by atoms with van der Waals surface area (Å²) in [6.45, 7) is 4.74. The van der Waals surface area contributed by atoms with Gasteiger partial charge in [0.2, 0.25) is 0 Å². The van der Waals surface area contributed by atoms with Crippen LogP contribution in [-0.2, 0) is 15.5 Å². The molecule has 3 unspecified atom stereocenters. The Balaban J connectivity index is 2.02. The van der Waals surface area contributed by atoms with Gasteiger partial charge in [-0.15, -0.1) is 0 Å². The van der Waals surface area contributed by atoms with Crippen molar-refractivity contribution in [3.63, 3.8) is 0 Å². The molecule has 1 saturated heterocycles. The van der Waals surface area contributed by atoms with Crippen molar-refractivity contribution in [2.24, 2.45) is 5.92 Å². The lowest BCUT2D eigenvalue weighted by Crippen LogP contribution is -2.41. The van der Waals surface area contributed by atoms with Crippen LogP contribution in [0.5, 0.6) is 0 Å². The molecule has 0 aromatic heterocycles. The number of ether oxygens (including phenoxy) is 1. The fraction of sp³-hybridized carbons (Fsp3) is 0.600. The van der Waals surface area contributed by atoms with E-state index in [-0.39, 0.29) is 6.04 Å². The molecule has 1 aliphatic heterocycles. The summed E-state index contributed by atoms with van der Waals surface area (Å²) in [5, 5.41) is 3.54. The van der Waals surface area contributed by atoms with Crippen molar-refractivity contribution in [2.75, 3.05) is 25.5 Å². The van der Waals surface area contributed by atoms with Gasteiger partial charge in [-0.3, -0.25) is 4.21 Å².